The number of rotatable bonds is 8. The van der Waals surface area contributed by atoms with Crippen LogP contribution >= 0.6 is 45.2 Å². The van der Waals surface area contributed by atoms with Gasteiger partial charge in [-0.3, -0.25) is 9.59 Å². The lowest BCUT2D eigenvalue weighted by Gasteiger charge is -2.12. The van der Waals surface area contributed by atoms with E-state index in [9.17, 15) is 9.59 Å². The van der Waals surface area contributed by atoms with Gasteiger partial charge in [0.05, 0.1) is 36.8 Å². The Morgan fingerprint density at radius 1 is 1.00 bits per heavy atom. The van der Waals surface area contributed by atoms with Gasteiger partial charge in [-0.1, -0.05) is 35.9 Å². The third-order valence-electron chi connectivity index (χ3n) is 6.74. The van der Waals surface area contributed by atoms with Crippen LogP contribution in [-0.2, 0) is 4.79 Å². The average molecular weight is 810 g/mol. The first kappa shape index (κ1) is 29.8. The number of nitrogens with zero attached hydrogens (tertiary/aromatic N) is 3. The summed E-state index contributed by atoms with van der Waals surface area (Å²) in [5.74, 6) is 1.61. The van der Waals surface area contributed by atoms with Crippen LogP contribution in [0.15, 0.2) is 99.2 Å². The molecule has 0 bridgehead atoms. The number of hydrogen-bond donors (Lipinski definition) is 1. The van der Waals surface area contributed by atoms with Crippen LogP contribution in [0.25, 0.3) is 33.5 Å². The molecule has 1 N–H and O–H groups in total. The van der Waals surface area contributed by atoms with Crippen molar-refractivity contribution < 1.29 is 18.7 Å². The minimum atomic E-state index is -0.335. The van der Waals surface area contributed by atoms with Crippen LogP contribution in [0.5, 0.6) is 11.5 Å². The number of fused-ring (bicyclic) bond motifs is 2. The zero-order valence-corrected chi connectivity index (χ0v) is 27.8. The van der Waals surface area contributed by atoms with Crippen molar-refractivity contribution in [2.24, 2.45) is 5.10 Å². The number of nitrogens with one attached hydrogen (secondary N) is 1. The van der Waals surface area contributed by atoms with Crippen LogP contribution in [0.1, 0.15) is 11.1 Å². The van der Waals surface area contributed by atoms with Gasteiger partial charge in [0.1, 0.15) is 17.1 Å². The largest absolute Gasteiger partial charge is 0.496 e. The Kier molecular flexibility index (Phi) is 8.66. The SMILES string of the molecule is COc1cccc2oc(-c3nc4ccccc4c(=O)n3N=Cc3cc(I)c(OCC(=O)Nc4ccc(C)cc4)c(I)c3)cc12. The Morgan fingerprint density at radius 3 is 2.50 bits per heavy atom. The van der Waals surface area contributed by atoms with Gasteiger partial charge < -0.3 is 19.2 Å². The van der Waals surface area contributed by atoms with Gasteiger partial charge in [-0.05, 0) is 112 Å². The van der Waals surface area contributed by atoms with E-state index in [1.807, 2.05) is 67.6 Å². The highest BCUT2D eigenvalue weighted by Crippen LogP contribution is 2.33. The van der Waals surface area contributed by atoms with Gasteiger partial charge in [0.2, 0.25) is 5.82 Å². The molecule has 6 aromatic rings. The van der Waals surface area contributed by atoms with E-state index in [-0.39, 0.29) is 23.9 Å². The second-order valence-electron chi connectivity index (χ2n) is 9.81. The van der Waals surface area contributed by atoms with Gasteiger partial charge in [-0.2, -0.15) is 9.78 Å². The molecule has 1 amide bonds. The Balaban J connectivity index is 1.30. The molecule has 0 atom stereocenters. The highest BCUT2D eigenvalue weighted by molar-refractivity contribution is 14.1. The molecular weight excluding hydrogens is 786 g/mol. The van der Waals surface area contributed by atoms with E-state index in [1.165, 1.54) is 4.68 Å². The monoisotopic (exact) mass is 810 g/mol. The number of amides is 1. The zero-order chi connectivity index (χ0) is 30.8. The molecule has 2 heterocycles. The van der Waals surface area contributed by atoms with Gasteiger partial charge in [-0.25, -0.2) is 4.98 Å². The number of carbonyl (C=O) groups excluding carboxylic acids is 1. The molecule has 0 unspecified atom stereocenters. The maximum atomic E-state index is 13.6. The number of ether oxygens (including phenoxy) is 2. The molecule has 0 aliphatic rings. The van der Waals surface area contributed by atoms with E-state index in [2.05, 4.69) is 55.6 Å². The number of hydrogen-bond acceptors (Lipinski definition) is 7. The fraction of sp³-hybridized carbons (Fsp3) is 0.0909. The molecule has 220 valence electrons. The molecule has 0 spiro atoms. The van der Waals surface area contributed by atoms with E-state index < -0.39 is 0 Å². The fourth-order valence-electron chi connectivity index (χ4n) is 4.60. The quantitative estimate of drug-likeness (QED) is 0.128. The predicted molar refractivity (Wildman–Crippen MR) is 188 cm³/mol. The molecular formula is C33H24I2N4O5. The molecule has 9 nitrogen and oxygen atoms in total. The van der Waals surface area contributed by atoms with Gasteiger partial charge in [0, 0.05) is 5.69 Å². The van der Waals surface area contributed by atoms with Gasteiger partial charge >= 0.3 is 0 Å². The maximum absolute atomic E-state index is 13.6. The molecule has 4 aromatic carbocycles. The zero-order valence-electron chi connectivity index (χ0n) is 23.5. The summed E-state index contributed by atoms with van der Waals surface area (Å²) in [7, 11) is 1.59. The summed E-state index contributed by atoms with van der Waals surface area (Å²) < 4.78 is 20.3. The van der Waals surface area contributed by atoms with Crippen LogP contribution in [0.2, 0.25) is 0 Å². The summed E-state index contributed by atoms with van der Waals surface area (Å²) in [5, 5.41) is 8.59. The lowest BCUT2D eigenvalue weighted by molar-refractivity contribution is -0.118. The highest BCUT2D eigenvalue weighted by atomic mass is 127. The van der Waals surface area contributed by atoms with E-state index >= 15 is 0 Å². The van der Waals surface area contributed by atoms with E-state index in [0.717, 1.165) is 23.7 Å². The minimum Gasteiger partial charge on any atom is -0.496 e. The summed E-state index contributed by atoms with van der Waals surface area (Å²) in [6, 6.07) is 25.7. The van der Waals surface area contributed by atoms with Crippen molar-refractivity contribution in [1.29, 1.82) is 0 Å². The molecule has 0 radical (unpaired) electrons. The molecule has 11 heteroatoms. The van der Waals surface area contributed by atoms with E-state index in [1.54, 1.807) is 37.6 Å². The smallest absolute Gasteiger partial charge is 0.282 e. The van der Waals surface area contributed by atoms with Crippen LogP contribution in [0.4, 0.5) is 5.69 Å². The van der Waals surface area contributed by atoms with E-state index in [4.69, 9.17) is 18.9 Å². The van der Waals surface area contributed by atoms with Gasteiger partial charge in [0.25, 0.3) is 11.5 Å². The fourth-order valence-corrected chi connectivity index (χ4v) is 6.73. The van der Waals surface area contributed by atoms with Crippen molar-refractivity contribution in [3.8, 4) is 23.1 Å². The second kappa shape index (κ2) is 12.8. The molecule has 44 heavy (non-hydrogen) atoms. The van der Waals surface area contributed by atoms with Crippen LogP contribution in [0.3, 0.4) is 0 Å². The predicted octanol–water partition coefficient (Wildman–Crippen LogP) is 7.24. The molecule has 0 aliphatic heterocycles. The van der Waals surface area contributed by atoms with Crippen molar-refractivity contribution in [2.45, 2.75) is 6.92 Å². The molecule has 6 rings (SSSR count). The molecule has 2 aromatic heterocycles. The van der Waals surface area contributed by atoms with Crippen molar-refractivity contribution in [2.75, 3.05) is 19.0 Å². The number of halogens is 2. The lowest BCUT2D eigenvalue weighted by Crippen LogP contribution is -2.21. The summed E-state index contributed by atoms with van der Waals surface area (Å²) in [5.41, 5.74) is 3.35. The molecule has 0 aliphatic carbocycles. The summed E-state index contributed by atoms with van der Waals surface area (Å²) in [6.45, 7) is 1.85. The lowest BCUT2D eigenvalue weighted by atomic mass is 10.2. The first-order valence-electron chi connectivity index (χ1n) is 13.4. The van der Waals surface area contributed by atoms with Crippen molar-refractivity contribution in [1.82, 2.24) is 9.66 Å². The standard InChI is InChI=1S/C33H24I2N4O5/c1-19-10-12-21(13-11-19)37-30(40)18-43-31-24(34)14-20(15-25(31)35)17-36-39-32(38-26-7-4-3-6-22(26)33(39)41)29-16-23-27(42-2)8-5-9-28(23)44-29/h3-17H,18H2,1-2H3,(H,37,40). The number of methoxy groups -OCH3 is 1. The summed E-state index contributed by atoms with van der Waals surface area (Å²) in [4.78, 5) is 30.9. The number of benzene rings is 4. The average Bonchev–Trinajstić information content (AvgIpc) is 3.46. The normalized spacial score (nSPS) is 11.4. The summed E-state index contributed by atoms with van der Waals surface area (Å²) in [6.07, 6.45) is 1.59. The number of aryl methyl sites for hydroxylation is 1. The third-order valence-corrected chi connectivity index (χ3v) is 8.34. The van der Waals surface area contributed by atoms with Gasteiger partial charge in [-0.15, -0.1) is 0 Å². The van der Waals surface area contributed by atoms with Crippen molar-refractivity contribution in [3.63, 3.8) is 0 Å². The van der Waals surface area contributed by atoms with Crippen LogP contribution < -0.4 is 20.3 Å². The first-order chi connectivity index (χ1) is 21.3. The van der Waals surface area contributed by atoms with Crippen LogP contribution in [-0.4, -0.2) is 35.5 Å². The molecule has 0 saturated heterocycles. The second-order valence-corrected chi connectivity index (χ2v) is 12.1. The highest BCUT2D eigenvalue weighted by Gasteiger charge is 2.18. The number of anilines is 1. The van der Waals surface area contributed by atoms with Crippen molar-refractivity contribution >= 4 is 84.9 Å². The Bertz CT molecular complexity index is 2100. The Morgan fingerprint density at radius 2 is 1.75 bits per heavy atom. The number of carbonyl (C=O) groups is 1. The maximum Gasteiger partial charge on any atom is 0.282 e. The van der Waals surface area contributed by atoms with Crippen molar-refractivity contribution in [3.05, 3.63) is 114 Å². The third kappa shape index (κ3) is 6.19. The molecule has 0 fully saturated rings. The van der Waals surface area contributed by atoms with Gasteiger partial charge in [0.15, 0.2) is 12.4 Å². The minimum absolute atomic E-state index is 0.142. The first-order valence-corrected chi connectivity index (χ1v) is 15.6. The topological polar surface area (TPSA) is 108 Å². The van der Waals surface area contributed by atoms with Crippen LogP contribution in [0, 0.1) is 14.1 Å². The molecule has 0 saturated carbocycles. The summed E-state index contributed by atoms with van der Waals surface area (Å²) >= 11 is 4.32. The number of furan rings is 1. The van der Waals surface area contributed by atoms with E-state index in [0.29, 0.717) is 39.4 Å². The Hall–Kier alpha value is -4.24. The Labute approximate surface area is 279 Å². The number of aromatic nitrogens is 2. The number of para-hydroxylation sites is 1.